The molecule has 0 saturated carbocycles. The quantitative estimate of drug-likeness (QED) is 0.734. The maximum absolute atomic E-state index is 12.6. The molecule has 1 saturated heterocycles. The summed E-state index contributed by atoms with van der Waals surface area (Å²) in [5.41, 5.74) is 1.82. The minimum absolute atomic E-state index is 0.102. The van der Waals surface area contributed by atoms with E-state index in [1.165, 1.54) is 0 Å². The second-order valence-electron chi connectivity index (χ2n) is 6.69. The molecule has 0 spiro atoms. The normalized spacial score (nSPS) is 16.7. The van der Waals surface area contributed by atoms with Gasteiger partial charge in [0.15, 0.2) is 0 Å². The first-order valence-corrected chi connectivity index (χ1v) is 8.72. The van der Waals surface area contributed by atoms with E-state index in [9.17, 15) is 14.4 Å². The molecular formula is C18H22N6O3. The van der Waals surface area contributed by atoms with Crippen molar-refractivity contribution in [3.63, 3.8) is 0 Å². The zero-order valence-electron chi connectivity index (χ0n) is 15.5. The highest BCUT2D eigenvalue weighted by Crippen LogP contribution is 2.16. The molecule has 4 amide bonds. The summed E-state index contributed by atoms with van der Waals surface area (Å²) in [6, 6.07) is 5.89. The van der Waals surface area contributed by atoms with Crippen LogP contribution < -0.4 is 10.6 Å². The number of aromatic nitrogens is 3. The molecule has 0 aliphatic carbocycles. The first-order chi connectivity index (χ1) is 12.9. The summed E-state index contributed by atoms with van der Waals surface area (Å²) in [7, 11) is 1.55. The summed E-state index contributed by atoms with van der Waals surface area (Å²) in [6.07, 6.45) is 2.06. The van der Waals surface area contributed by atoms with Gasteiger partial charge in [-0.2, -0.15) is 0 Å². The van der Waals surface area contributed by atoms with Crippen LogP contribution in [0.25, 0.3) is 0 Å². The monoisotopic (exact) mass is 370 g/mol. The lowest BCUT2D eigenvalue weighted by Gasteiger charge is -2.13. The van der Waals surface area contributed by atoms with E-state index < -0.39 is 12.1 Å². The molecule has 3 rings (SSSR count). The maximum Gasteiger partial charge on any atom is 0.325 e. The van der Waals surface area contributed by atoms with Crippen LogP contribution in [0.1, 0.15) is 41.5 Å². The van der Waals surface area contributed by atoms with Gasteiger partial charge in [0.2, 0.25) is 0 Å². The van der Waals surface area contributed by atoms with Crippen molar-refractivity contribution in [2.45, 2.75) is 38.9 Å². The third kappa shape index (κ3) is 3.97. The molecule has 1 aromatic heterocycles. The van der Waals surface area contributed by atoms with Crippen LogP contribution in [0.2, 0.25) is 0 Å². The van der Waals surface area contributed by atoms with Crippen molar-refractivity contribution in [1.82, 2.24) is 30.5 Å². The smallest absolute Gasteiger partial charge is 0.325 e. The van der Waals surface area contributed by atoms with E-state index in [2.05, 4.69) is 20.9 Å². The average Bonchev–Trinajstić information content (AvgIpc) is 3.22. The Labute approximate surface area is 156 Å². The van der Waals surface area contributed by atoms with Gasteiger partial charge in [-0.1, -0.05) is 17.3 Å². The van der Waals surface area contributed by atoms with Gasteiger partial charge in [0.25, 0.3) is 11.8 Å². The number of carbonyl (C=O) groups excluding carboxylic acids is 3. The molecule has 2 N–H and O–H groups in total. The molecule has 1 fully saturated rings. The van der Waals surface area contributed by atoms with Crippen LogP contribution in [0.5, 0.6) is 0 Å². The van der Waals surface area contributed by atoms with E-state index in [1.54, 1.807) is 42.2 Å². The Morgan fingerprint density at radius 3 is 2.78 bits per heavy atom. The van der Waals surface area contributed by atoms with Gasteiger partial charge in [-0.15, -0.1) is 5.10 Å². The van der Waals surface area contributed by atoms with Crippen molar-refractivity contribution in [1.29, 1.82) is 0 Å². The van der Waals surface area contributed by atoms with Gasteiger partial charge in [-0.05, 0) is 31.5 Å². The number of hydrogen-bond donors (Lipinski definition) is 2. The molecule has 1 unspecified atom stereocenters. The molecule has 142 valence electrons. The van der Waals surface area contributed by atoms with Crippen molar-refractivity contribution < 1.29 is 14.4 Å². The number of imide groups is 1. The van der Waals surface area contributed by atoms with Crippen LogP contribution in [-0.2, 0) is 17.8 Å². The predicted octanol–water partition coefficient (Wildman–Crippen LogP) is 0.882. The third-order valence-electron chi connectivity index (χ3n) is 4.36. The summed E-state index contributed by atoms with van der Waals surface area (Å²) in [5, 5.41) is 13.3. The molecule has 0 bridgehead atoms. The molecular weight excluding hydrogens is 348 g/mol. The molecule has 1 aromatic carbocycles. The Kier molecular flexibility index (Phi) is 5.20. The fourth-order valence-corrected chi connectivity index (χ4v) is 2.87. The lowest BCUT2D eigenvalue weighted by molar-refractivity contribution is -0.127. The number of benzene rings is 1. The highest BCUT2D eigenvalue weighted by Gasteiger charge is 2.38. The molecule has 1 aliphatic heterocycles. The van der Waals surface area contributed by atoms with Crippen molar-refractivity contribution in [2.24, 2.45) is 0 Å². The fraction of sp³-hybridized carbons (Fsp3) is 0.389. The number of carbonyl (C=O) groups is 3. The van der Waals surface area contributed by atoms with Gasteiger partial charge in [-0.3, -0.25) is 14.5 Å². The Hall–Kier alpha value is -3.23. The first kappa shape index (κ1) is 18.6. The Morgan fingerprint density at radius 1 is 1.33 bits per heavy atom. The average molecular weight is 370 g/mol. The van der Waals surface area contributed by atoms with E-state index in [0.29, 0.717) is 16.8 Å². The molecule has 1 aliphatic rings. The van der Waals surface area contributed by atoms with E-state index in [0.717, 1.165) is 4.90 Å². The maximum atomic E-state index is 12.6. The molecule has 27 heavy (non-hydrogen) atoms. The topological polar surface area (TPSA) is 109 Å². The highest BCUT2D eigenvalue weighted by atomic mass is 16.2. The zero-order valence-corrected chi connectivity index (χ0v) is 15.5. The van der Waals surface area contributed by atoms with Crippen molar-refractivity contribution in [3.05, 3.63) is 47.3 Å². The van der Waals surface area contributed by atoms with Crippen LogP contribution in [0.3, 0.4) is 0 Å². The summed E-state index contributed by atoms with van der Waals surface area (Å²) >= 11 is 0. The van der Waals surface area contributed by atoms with Gasteiger partial charge < -0.3 is 10.6 Å². The third-order valence-corrected chi connectivity index (χ3v) is 4.36. The van der Waals surface area contributed by atoms with E-state index in [1.807, 2.05) is 13.8 Å². The molecule has 1 atom stereocenters. The number of amides is 4. The van der Waals surface area contributed by atoms with Gasteiger partial charge in [0.05, 0.1) is 12.2 Å². The van der Waals surface area contributed by atoms with E-state index >= 15 is 0 Å². The van der Waals surface area contributed by atoms with Gasteiger partial charge in [-0.25, -0.2) is 9.48 Å². The first-order valence-electron chi connectivity index (χ1n) is 8.72. The van der Waals surface area contributed by atoms with Gasteiger partial charge >= 0.3 is 6.03 Å². The largest absolute Gasteiger partial charge is 0.355 e. The number of nitrogens with one attached hydrogen (secondary N) is 2. The minimum Gasteiger partial charge on any atom is -0.355 e. The second-order valence-corrected chi connectivity index (χ2v) is 6.69. The Morgan fingerprint density at radius 2 is 2.11 bits per heavy atom. The van der Waals surface area contributed by atoms with E-state index in [4.69, 9.17) is 0 Å². The number of hydrogen-bond acceptors (Lipinski definition) is 5. The highest BCUT2D eigenvalue weighted by molar-refractivity contribution is 6.04. The van der Waals surface area contributed by atoms with Crippen LogP contribution in [0.15, 0.2) is 30.5 Å². The van der Waals surface area contributed by atoms with Crippen molar-refractivity contribution in [3.8, 4) is 0 Å². The van der Waals surface area contributed by atoms with E-state index in [-0.39, 0.29) is 30.8 Å². The van der Waals surface area contributed by atoms with Crippen LogP contribution in [0.4, 0.5) is 4.79 Å². The SMILES string of the molecule is CNC(=O)c1cccc(CN2C(=O)NC(Cc3cn(C(C)C)nn3)C2=O)c1. The summed E-state index contributed by atoms with van der Waals surface area (Å²) in [4.78, 5) is 37.8. The number of urea groups is 1. The van der Waals surface area contributed by atoms with Crippen LogP contribution in [0, 0.1) is 0 Å². The molecule has 0 radical (unpaired) electrons. The molecule has 2 heterocycles. The molecule has 9 heteroatoms. The van der Waals surface area contributed by atoms with Crippen LogP contribution >= 0.6 is 0 Å². The molecule has 2 aromatic rings. The van der Waals surface area contributed by atoms with Gasteiger partial charge in [0.1, 0.15) is 6.04 Å². The molecule has 9 nitrogen and oxygen atoms in total. The fourth-order valence-electron chi connectivity index (χ4n) is 2.87. The predicted molar refractivity (Wildman–Crippen MR) is 96.8 cm³/mol. The Balaban J connectivity index is 1.69. The Bertz CT molecular complexity index is 875. The summed E-state index contributed by atoms with van der Waals surface area (Å²) < 4.78 is 1.71. The lowest BCUT2D eigenvalue weighted by Crippen LogP contribution is -2.32. The second kappa shape index (κ2) is 7.56. The number of rotatable bonds is 6. The van der Waals surface area contributed by atoms with Gasteiger partial charge in [0, 0.05) is 31.3 Å². The van der Waals surface area contributed by atoms with Crippen molar-refractivity contribution >= 4 is 17.8 Å². The minimum atomic E-state index is -0.670. The lowest BCUT2D eigenvalue weighted by atomic mass is 10.1. The van der Waals surface area contributed by atoms with Crippen LogP contribution in [-0.4, -0.2) is 50.8 Å². The van der Waals surface area contributed by atoms with Crippen molar-refractivity contribution in [2.75, 3.05) is 7.05 Å². The standard InChI is InChI=1S/C18H22N6O3/c1-11(2)24-10-14(21-22-24)8-15-17(26)23(18(27)20-15)9-12-5-4-6-13(7-12)16(25)19-3/h4-7,10-11,15H,8-9H2,1-3H3,(H,19,25)(H,20,27). The number of nitrogens with zero attached hydrogens (tertiary/aromatic N) is 4. The summed E-state index contributed by atoms with van der Waals surface area (Å²) in [5.74, 6) is -0.537. The zero-order chi connectivity index (χ0) is 19.6. The summed E-state index contributed by atoms with van der Waals surface area (Å²) in [6.45, 7) is 4.07.